The molecule has 1 aliphatic rings. The maximum Gasteiger partial charge on any atom is 0.419 e. The molecule has 0 spiro atoms. The molecular formula is C15H13F4N5O2. The van der Waals surface area contributed by atoms with Crippen molar-refractivity contribution in [2.75, 3.05) is 0 Å². The number of benzene rings is 1. The van der Waals surface area contributed by atoms with Gasteiger partial charge in [-0.05, 0) is 30.5 Å². The summed E-state index contributed by atoms with van der Waals surface area (Å²) in [6.45, 7) is -0.141. The van der Waals surface area contributed by atoms with Gasteiger partial charge in [-0.2, -0.15) is 13.2 Å². The number of halogens is 4. The maximum absolute atomic E-state index is 13.3. The molecule has 1 heterocycles. The molecule has 138 valence electrons. The summed E-state index contributed by atoms with van der Waals surface area (Å²) in [7, 11) is 0. The van der Waals surface area contributed by atoms with Crippen molar-refractivity contribution in [3.63, 3.8) is 0 Å². The van der Waals surface area contributed by atoms with E-state index in [-0.39, 0.29) is 29.6 Å². The predicted octanol–water partition coefficient (Wildman–Crippen LogP) is 1.66. The van der Waals surface area contributed by atoms with E-state index in [1.54, 1.807) is 0 Å². The average molecular weight is 371 g/mol. The number of nitrogens with one attached hydrogen (secondary N) is 2. The summed E-state index contributed by atoms with van der Waals surface area (Å²) in [5.41, 5.74) is 3.06. The minimum atomic E-state index is -4.81. The van der Waals surface area contributed by atoms with Gasteiger partial charge in [0, 0.05) is 5.92 Å². The largest absolute Gasteiger partial charge is 0.419 e. The summed E-state index contributed by atoms with van der Waals surface area (Å²) in [6.07, 6.45) is -2.06. The summed E-state index contributed by atoms with van der Waals surface area (Å²) in [4.78, 5) is 23.3. The van der Waals surface area contributed by atoms with Gasteiger partial charge in [0.2, 0.25) is 5.91 Å². The Morgan fingerprint density at radius 1 is 1.23 bits per heavy atom. The van der Waals surface area contributed by atoms with Gasteiger partial charge in [0.15, 0.2) is 5.69 Å². The molecule has 3 rings (SSSR count). The third kappa shape index (κ3) is 4.16. The van der Waals surface area contributed by atoms with E-state index >= 15 is 0 Å². The van der Waals surface area contributed by atoms with Crippen LogP contribution in [0.25, 0.3) is 0 Å². The number of carbonyl (C=O) groups is 2. The molecule has 2 aromatic rings. The molecule has 0 atom stereocenters. The Bertz CT molecular complexity index is 845. The van der Waals surface area contributed by atoms with Gasteiger partial charge >= 0.3 is 6.18 Å². The third-order valence-corrected chi connectivity index (χ3v) is 3.70. The molecule has 0 aliphatic heterocycles. The first-order valence-corrected chi connectivity index (χ1v) is 7.60. The molecule has 1 aromatic carbocycles. The molecule has 11 heteroatoms. The summed E-state index contributed by atoms with van der Waals surface area (Å²) >= 11 is 0. The summed E-state index contributed by atoms with van der Waals surface area (Å²) in [6, 6.07) is 2.57. The van der Waals surface area contributed by atoms with Crippen molar-refractivity contribution in [2.24, 2.45) is 5.92 Å². The van der Waals surface area contributed by atoms with E-state index < -0.39 is 23.5 Å². The van der Waals surface area contributed by atoms with E-state index in [1.165, 1.54) is 12.3 Å². The number of alkyl halides is 3. The fourth-order valence-electron chi connectivity index (χ4n) is 2.18. The van der Waals surface area contributed by atoms with Crippen molar-refractivity contribution in [1.29, 1.82) is 0 Å². The first-order valence-electron chi connectivity index (χ1n) is 7.60. The second-order valence-corrected chi connectivity index (χ2v) is 5.83. The van der Waals surface area contributed by atoms with Crippen LogP contribution in [0.3, 0.4) is 0 Å². The van der Waals surface area contributed by atoms with E-state index in [2.05, 4.69) is 21.2 Å². The quantitative estimate of drug-likeness (QED) is 0.632. The summed E-state index contributed by atoms with van der Waals surface area (Å²) in [5, 5.41) is 7.23. The molecule has 2 N–H and O–H groups in total. The molecule has 1 fully saturated rings. The van der Waals surface area contributed by atoms with E-state index in [1.807, 2.05) is 0 Å². The molecule has 0 unspecified atom stereocenters. The normalized spacial score (nSPS) is 14.2. The summed E-state index contributed by atoms with van der Waals surface area (Å²) in [5.74, 6) is -2.46. The van der Waals surface area contributed by atoms with Gasteiger partial charge < -0.3 is 0 Å². The van der Waals surface area contributed by atoms with E-state index in [9.17, 15) is 27.2 Å². The molecule has 0 saturated heterocycles. The number of carbonyl (C=O) groups excluding carboxylic acids is 2. The Hall–Kier alpha value is -2.98. The number of nitrogens with zero attached hydrogens (tertiary/aromatic N) is 3. The SMILES string of the molecule is O=C(NNC(=O)C1CC1)c1cn(Cc2ccc(F)c(C(F)(F)F)c2)nn1. The number of hydrazine groups is 1. The Morgan fingerprint density at radius 3 is 2.62 bits per heavy atom. The van der Waals surface area contributed by atoms with E-state index in [4.69, 9.17) is 0 Å². The number of hydrogen-bond acceptors (Lipinski definition) is 4. The highest BCUT2D eigenvalue weighted by atomic mass is 19.4. The van der Waals surface area contributed by atoms with Crippen LogP contribution in [-0.4, -0.2) is 26.8 Å². The fourth-order valence-corrected chi connectivity index (χ4v) is 2.18. The predicted molar refractivity (Wildman–Crippen MR) is 78.9 cm³/mol. The molecule has 0 bridgehead atoms. The van der Waals surface area contributed by atoms with Crippen LogP contribution in [-0.2, 0) is 17.5 Å². The van der Waals surface area contributed by atoms with Gasteiger partial charge in [0.25, 0.3) is 5.91 Å². The minimum absolute atomic E-state index is 0.0905. The first-order chi connectivity index (χ1) is 12.2. The zero-order chi connectivity index (χ0) is 18.9. The molecule has 7 nitrogen and oxygen atoms in total. The van der Waals surface area contributed by atoms with Crippen molar-refractivity contribution in [2.45, 2.75) is 25.6 Å². The van der Waals surface area contributed by atoms with Crippen LogP contribution in [0.5, 0.6) is 0 Å². The van der Waals surface area contributed by atoms with Gasteiger partial charge in [-0.3, -0.25) is 20.4 Å². The van der Waals surface area contributed by atoms with Crippen molar-refractivity contribution >= 4 is 11.8 Å². The van der Waals surface area contributed by atoms with Gasteiger partial charge in [-0.15, -0.1) is 5.10 Å². The third-order valence-electron chi connectivity index (χ3n) is 3.70. The highest BCUT2D eigenvalue weighted by Crippen LogP contribution is 2.32. The number of amides is 2. The molecule has 1 aliphatic carbocycles. The van der Waals surface area contributed by atoms with Crippen molar-refractivity contribution in [3.05, 3.63) is 47.0 Å². The van der Waals surface area contributed by atoms with Gasteiger partial charge in [-0.25, -0.2) is 9.07 Å². The lowest BCUT2D eigenvalue weighted by molar-refractivity contribution is -0.140. The van der Waals surface area contributed by atoms with Crippen molar-refractivity contribution in [1.82, 2.24) is 25.8 Å². The second-order valence-electron chi connectivity index (χ2n) is 5.83. The van der Waals surface area contributed by atoms with Crippen molar-refractivity contribution in [3.8, 4) is 0 Å². The lowest BCUT2D eigenvalue weighted by atomic mass is 10.1. The number of aromatic nitrogens is 3. The van der Waals surface area contributed by atoms with Crippen LogP contribution in [0.4, 0.5) is 17.6 Å². The Kier molecular flexibility index (Phi) is 4.62. The van der Waals surface area contributed by atoms with Crippen LogP contribution >= 0.6 is 0 Å². The fraction of sp³-hybridized carbons (Fsp3) is 0.333. The molecule has 0 radical (unpaired) electrons. The van der Waals surface area contributed by atoms with Gasteiger partial charge in [0.05, 0.1) is 18.3 Å². The molecule has 26 heavy (non-hydrogen) atoms. The highest BCUT2D eigenvalue weighted by molar-refractivity contribution is 5.93. The van der Waals surface area contributed by atoms with Crippen LogP contribution in [0.1, 0.15) is 34.5 Å². The molecular weight excluding hydrogens is 358 g/mol. The Balaban J connectivity index is 1.64. The van der Waals surface area contributed by atoms with Crippen LogP contribution in [0.2, 0.25) is 0 Å². The first kappa shape index (κ1) is 17.8. The van der Waals surface area contributed by atoms with Gasteiger partial charge in [-0.1, -0.05) is 11.3 Å². The molecule has 2 amide bonds. The average Bonchev–Trinajstić information content (AvgIpc) is 3.33. The van der Waals surface area contributed by atoms with Gasteiger partial charge in [0.1, 0.15) is 5.82 Å². The molecule has 1 saturated carbocycles. The smallest absolute Gasteiger partial charge is 0.273 e. The zero-order valence-corrected chi connectivity index (χ0v) is 13.2. The minimum Gasteiger partial charge on any atom is -0.273 e. The lowest BCUT2D eigenvalue weighted by Gasteiger charge is -2.10. The zero-order valence-electron chi connectivity index (χ0n) is 13.2. The van der Waals surface area contributed by atoms with Crippen LogP contribution in [0, 0.1) is 11.7 Å². The van der Waals surface area contributed by atoms with Crippen molar-refractivity contribution < 1.29 is 27.2 Å². The maximum atomic E-state index is 13.3. The number of hydrogen-bond donors (Lipinski definition) is 2. The topological polar surface area (TPSA) is 88.9 Å². The Morgan fingerprint density at radius 2 is 1.96 bits per heavy atom. The molecule has 1 aromatic heterocycles. The van der Waals surface area contributed by atoms with Crippen LogP contribution < -0.4 is 10.9 Å². The second kappa shape index (κ2) is 6.73. The summed E-state index contributed by atoms with van der Waals surface area (Å²) < 4.78 is 52.6. The monoisotopic (exact) mass is 371 g/mol. The van der Waals surface area contributed by atoms with E-state index in [0.717, 1.165) is 23.6 Å². The lowest BCUT2D eigenvalue weighted by Crippen LogP contribution is -2.42. The highest BCUT2D eigenvalue weighted by Gasteiger charge is 2.34. The van der Waals surface area contributed by atoms with E-state index in [0.29, 0.717) is 6.07 Å². The number of rotatable bonds is 4. The Labute approximate surface area is 144 Å². The van der Waals surface area contributed by atoms with Crippen LogP contribution in [0.15, 0.2) is 24.4 Å². The standard InChI is InChI=1S/C15H13F4N5O2/c16-11-4-1-8(5-10(11)15(17,18)19)6-24-7-12(20-23-24)14(26)22-21-13(25)9-2-3-9/h1,4-5,7,9H,2-3,6H2,(H,21,25)(H,22,26).